The monoisotopic (exact) mass is 208 g/mol. The number of carbonyl (C=O) groups is 1. The molecule has 1 heterocycles. The average Bonchev–Trinajstić information content (AvgIpc) is 2.09. The Morgan fingerprint density at radius 2 is 2.20 bits per heavy atom. The summed E-state index contributed by atoms with van der Waals surface area (Å²) in [4.78, 5) is 11.6. The SMILES string of the molecule is Cc1cc(F)cc(C(=O)NC2CNC2)c1. The first kappa shape index (κ1) is 10.1. The third-order valence-corrected chi connectivity index (χ3v) is 2.42. The Balaban J connectivity index is 2.10. The van der Waals surface area contributed by atoms with E-state index in [9.17, 15) is 9.18 Å². The quantitative estimate of drug-likeness (QED) is 0.756. The Hall–Kier alpha value is -1.42. The molecule has 0 unspecified atom stereocenters. The minimum Gasteiger partial charge on any atom is -0.347 e. The zero-order valence-corrected chi connectivity index (χ0v) is 8.51. The molecule has 0 bridgehead atoms. The van der Waals surface area contributed by atoms with Gasteiger partial charge in [-0.05, 0) is 30.7 Å². The van der Waals surface area contributed by atoms with E-state index in [1.807, 2.05) is 0 Å². The van der Waals surface area contributed by atoms with Gasteiger partial charge in [0, 0.05) is 18.7 Å². The van der Waals surface area contributed by atoms with E-state index in [1.54, 1.807) is 13.0 Å². The van der Waals surface area contributed by atoms with Gasteiger partial charge in [0.25, 0.3) is 5.91 Å². The molecule has 1 aliphatic heterocycles. The van der Waals surface area contributed by atoms with Gasteiger partial charge in [0.1, 0.15) is 5.82 Å². The van der Waals surface area contributed by atoms with Crippen LogP contribution in [0.4, 0.5) is 4.39 Å². The number of halogens is 1. The van der Waals surface area contributed by atoms with Crippen molar-refractivity contribution in [3.8, 4) is 0 Å². The minimum atomic E-state index is -0.369. The molecule has 15 heavy (non-hydrogen) atoms. The van der Waals surface area contributed by atoms with Crippen molar-refractivity contribution in [3.05, 3.63) is 35.1 Å². The second kappa shape index (κ2) is 3.98. The fraction of sp³-hybridized carbons (Fsp3) is 0.364. The number of nitrogens with one attached hydrogen (secondary N) is 2. The standard InChI is InChI=1S/C11H13FN2O/c1-7-2-8(4-9(12)3-7)11(15)14-10-5-13-6-10/h2-4,10,13H,5-6H2,1H3,(H,14,15). The highest BCUT2D eigenvalue weighted by atomic mass is 19.1. The molecule has 0 aromatic heterocycles. The van der Waals surface area contributed by atoms with Crippen LogP contribution in [0.1, 0.15) is 15.9 Å². The molecule has 1 aliphatic rings. The fourth-order valence-corrected chi connectivity index (χ4v) is 1.53. The van der Waals surface area contributed by atoms with Crippen molar-refractivity contribution in [1.82, 2.24) is 10.6 Å². The van der Waals surface area contributed by atoms with Crippen molar-refractivity contribution in [1.29, 1.82) is 0 Å². The van der Waals surface area contributed by atoms with E-state index in [2.05, 4.69) is 10.6 Å². The van der Waals surface area contributed by atoms with Gasteiger partial charge in [-0.15, -0.1) is 0 Å². The summed E-state index contributed by atoms with van der Waals surface area (Å²) in [6.45, 7) is 3.35. The lowest BCUT2D eigenvalue weighted by Crippen LogP contribution is -2.56. The molecule has 4 heteroatoms. The first-order chi connectivity index (χ1) is 7.15. The molecule has 1 aromatic carbocycles. The number of aryl methyl sites for hydroxylation is 1. The van der Waals surface area contributed by atoms with E-state index in [4.69, 9.17) is 0 Å². The Morgan fingerprint density at radius 3 is 2.73 bits per heavy atom. The van der Waals surface area contributed by atoms with Crippen LogP contribution in [0, 0.1) is 12.7 Å². The van der Waals surface area contributed by atoms with Gasteiger partial charge in [-0.2, -0.15) is 0 Å². The van der Waals surface area contributed by atoms with Crippen LogP contribution in [0.2, 0.25) is 0 Å². The van der Waals surface area contributed by atoms with Gasteiger partial charge in [-0.1, -0.05) is 0 Å². The van der Waals surface area contributed by atoms with Gasteiger partial charge < -0.3 is 10.6 Å². The molecule has 0 aliphatic carbocycles. The molecule has 1 amide bonds. The van der Waals surface area contributed by atoms with Crippen molar-refractivity contribution in [2.24, 2.45) is 0 Å². The molecule has 0 saturated carbocycles. The smallest absolute Gasteiger partial charge is 0.251 e. The Kier molecular flexibility index (Phi) is 2.68. The van der Waals surface area contributed by atoms with Crippen molar-refractivity contribution >= 4 is 5.91 Å². The summed E-state index contributed by atoms with van der Waals surface area (Å²) in [5.74, 6) is -0.573. The third-order valence-electron chi connectivity index (χ3n) is 2.42. The second-order valence-electron chi connectivity index (χ2n) is 3.85. The van der Waals surface area contributed by atoms with Crippen LogP contribution in [0.15, 0.2) is 18.2 Å². The number of hydrogen-bond donors (Lipinski definition) is 2. The zero-order valence-electron chi connectivity index (χ0n) is 8.51. The highest BCUT2D eigenvalue weighted by Crippen LogP contribution is 2.08. The van der Waals surface area contributed by atoms with Gasteiger partial charge in [0.05, 0.1) is 6.04 Å². The maximum absolute atomic E-state index is 13.0. The maximum Gasteiger partial charge on any atom is 0.251 e. The first-order valence-corrected chi connectivity index (χ1v) is 4.94. The molecule has 1 saturated heterocycles. The van der Waals surface area contributed by atoms with Crippen molar-refractivity contribution < 1.29 is 9.18 Å². The number of hydrogen-bond acceptors (Lipinski definition) is 2. The van der Waals surface area contributed by atoms with E-state index in [0.29, 0.717) is 5.56 Å². The molecule has 0 atom stereocenters. The van der Waals surface area contributed by atoms with Crippen LogP contribution in [-0.4, -0.2) is 25.0 Å². The van der Waals surface area contributed by atoms with E-state index in [-0.39, 0.29) is 17.8 Å². The summed E-state index contributed by atoms with van der Waals surface area (Å²) in [7, 11) is 0. The predicted octanol–water partition coefficient (Wildman–Crippen LogP) is 0.836. The van der Waals surface area contributed by atoms with Gasteiger partial charge in [-0.3, -0.25) is 4.79 Å². The third kappa shape index (κ3) is 2.33. The van der Waals surface area contributed by atoms with Crippen LogP contribution >= 0.6 is 0 Å². The Labute approximate surface area is 87.7 Å². The molecule has 2 N–H and O–H groups in total. The van der Waals surface area contributed by atoms with Crippen molar-refractivity contribution in [2.45, 2.75) is 13.0 Å². The summed E-state index contributed by atoms with van der Waals surface area (Å²) >= 11 is 0. The molecule has 3 nitrogen and oxygen atoms in total. The lowest BCUT2D eigenvalue weighted by molar-refractivity contribution is 0.0923. The second-order valence-corrected chi connectivity index (χ2v) is 3.85. The maximum atomic E-state index is 13.0. The lowest BCUT2D eigenvalue weighted by atomic mass is 10.1. The summed E-state index contributed by atoms with van der Waals surface area (Å²) < 4.78 is 13.0. The largest absolute Gasteiger partial charge is 0.347 e. The minimum absolute atomic E-state index is 0.182. The van der Waals surface area contributed by atoms with Gasteiger partial charge in [0.2, 0.25) is 0 Å². The topological polar surface area (TPSA) is 41.1 Å². The van der Waals surface area contributed by atoms with Crippen LogP contribution < -0.4 is 10.6 Å². The van der Waals surface area contributed by atoms with Crippen molar-refractivity contribution in [3.63, 3.8) is 0 Å². The normalized spacial score (nSPS) is 15.9. The van der Waals surface area contributed by atoms with E-state index in [0.717, 1.165) is 18.7 Å². The number of rotatable bonds is 2. The zero-order chi connectivity index (χ0) is 10.8. The summed E-state index contributed by atoms with van der Waals surface area (Å²) in [5.41, 5.74) is 1.14. The Bertz CT molecular complexity index is 368. The molecule has 1 fully saturated rings. The predicted molar refractivity (Wildman–Crippen MR) is 55.3 cm³/mol. The van der Waals surface area contributed by atoms with Gasteiger partial charge in [-0.25, -0.2) is 4.39 Å². The number of amides is 1. The number of carbonyl (C=O) groups excluding carboxylic acids is 1. The number of benzene rings is 1. The molecule has 2 rings (SSSR count). The van der Waals surface area contributed by atoms with E-state index >= 15 is 0 Å². The molecular formula is C11H13FN2O. The van der Waals surface area contributed by atoms with E-state index in [1.165, 1.54) is 12.1 Å². The van der Waals surface area contributed by atoms with Crippen LogP contribution in [0.5, 0.6) is 0 Å². The molecular weight excluding hydrogens is 195 g/mol. The lowest BCUT2D eigenvalue weighted by Gasteiger charge is -2.27. The molecule has 0 radical (unpaired) electrons. The molecule has 1 aromatic rings. The molecule has 80 valence electrons. The summed E-state index contributed by atoms with van der Waals surface area (Å²) in [6.07, 6.45) is 0. The van der Waals surface area contributed by atoms with Crippen LogP contribution in [-0.2, 0) is 0 Å². The van der Waals surface area contributed by atoms with E-state index < -0.39 is 0 Å². The fourth-order valence-electron chi connectivity index (χ4n) is 1.53. The van der Waals surface area contributed by atoms with Crippen LogP contribution in [0.25, 0.3) is 0 Å². The first-order valence-electron chi connectivity index (χ1n) is 4.94. The van der Waals surface area contributed by atoms with Crippen LogP contribution in [0.3, 0.4) is 0 Å². The molecule has 0 spiro atoms. The Morgan fingerprint density at radius 1 is 1.47 bits per heavy atom. The summed E-state index contributed by atoms with van der Waals surface area (Å²) in [6, 6.07) is 4.53. The average molecular weight is 208 g/mol. The highest BCUT2D eigenvalue weighted by molar-refractivity contribution is 5.94. The highest BCUT2D eigenvalue weighted by Gasteiger charge is 2.19. The van der Waals surface area contributed by atoms with Crippen molar-refractivity contribution in [2.75, 3.05) is 13.1 Å². The van der Waals surface area contributed by atoms with Gasteiger partial charge >= 0.3 is 0 Å². The van der Waals surface area contributed by atoms with Gasteiger partial charge in [0.15, 0.2) is 0 Å². The summed E-state index contributed by atoms with van der Waals surface area (Å²) in [5, 5.41) is 5.87.